The van der Waals surface area contributed by atoms with E-state index in [2.05, 4.69) is 50.5 Å². The zero-order valence-corrected chi connectivity index (χ0v) is 22.3. The molecule has 0 bridgehead atoms. The summed E-state index contributed by atoms with van der Waals surface area (Å²) in [5.74, 6) is -1.45. The Morgan fingerprint density at radius 2 is 1.85 bits per heavy atom. The first kappa shape index (κ1) is 25.8. The van der Waals surface area contributed by atoms with Gasteiger partial charge in [0.15, 0.2) is 0 Å². The van der Waals surface area contributed by atoms with Crippen molar-refractivity contribution in [2.45, 2.75) is 44.4 Å². The van der Waals surface area contributed by atoms with E-state index >= 15 is 0 Å². The number of benzene rings is 2. The van der Waals surface area contributed by atoms with E-state index in [9.17, 15) is 13.6 Å². The standard InChI is InChI=1S/C30H35F2N5O2/c1-20-2-3-25-26(14-20)34-19-30(25)7-12-36(13-8-30)9-4-21-5-10-37(11-6-21)29-33-18-27(39-29)28(38)35-24-16-22(31)15-23(32)17-24/h2-3,14-18,21,34H,4-13,19H2,1H3,(H,35,38). The van der Waals surface area contributed by atoms with Crippen LogP contribution in [0, 0.1) is 24.5 Å². The van der Waals surface area contributed by atoms with Crippen molar-refractivity contribution in [2.75, 3.05) is 54.8 Å². The second-order valence-electron chi connectivity index (χ2n) is 11.4. The zero-order chi connectivity index (χ0) is 27.0. The van der Waals surface area contributed by atoms with Gasteiger partial charge in [-0.2, -0.15) is 0 Å². The number of fused-ring (bicyclic) bond motifs is 2. The van der Waals surface area contributed by atoms with Gasteiger partial charge in [0, 0.05) is 42.5 Å². The normalized spacial score (nSPS) is 19.2. The number of halogens is 2. The average Bonchev–Trinajstić information content (AvgIpc) is 3.54. The largest absolute Gasteiger partial charge is 0.418 e. The number of likely N-dealkylation sites (tertiary alicyclic amines) is 1. The number of hydrogen-bond acceptors (Lipinski definition) is 6. The third-order valence-corrected chi connectivity index (χ3v) is 8.75. The molecule has 206 valence electrons. The van der Waals surface area contributed by atoms with E-state index in [1.54, 1.807) is 0 Å². The van der Waals surface area contributed by atoms with Gasteiger partial charge in [0.25, 0.3) is 11.9 Å². The van der Waals surface area contributed by atoms with Gasteiger partial charge in [0.05, 0.1) is 6.20 Å². The minimum Gasteiger partial charge on any atom is -0.418 e. The Balaban J connectivity index is 0.951. The number of aryl methyl sites for hydroxylation is 1. The Bertz CT molecular complexity index is 1320. The second-order valence-corrected chi connectivity index (χ2v) is 11.4. The van der Waals surface area contributed by atoms with E-state index in [0.717, 1.165) is 70.3 Å². The predicted molar refractivity (Wildman–Crippen MR) is 147 cm³/mol. The van der Waals surface area contributed by atoms with Crippen LogP contribution in [0.5, 0.6) is 0 Å². The molecule has 7 nitrogen and oxygen atoms in total. The summed E-state index contributed by atoms with van der Waals surface area (Å²) >= 11 is 0. The van der Waals surface area contributed by atoms with Gasteiger partial charge in [-0.05, 0) is 93.9 Å². The number of nitrogens with zero attached hydrogens (tertiary/aromatic N) is 3. The molecule has 1 amide bonds. The SMILES string of the molecule is Cc1ccc2c(c1)NCC21CCN(CCC2CCN(c3ncc(C(=O)Nc4cc(F)cc(F)c4)o3)CC2)CC1. The molecule has 0 aliphatic carbocycles. The van der Waals surface area contributed by atoms with Crippen LogP contribution < -0.4 is 15.5 Å². The highest BCUT2D eigenvalue weighted by atomic mass is 19.1. The molecule has 0 saturated carbocycles. The number of anilines is 3. The topological polar surface area (TPSA) is 73.6 Å². The van der Waals surface area contributed by atoms with Crippen molar-refractivity contribution in [1.29, 1.82) is 0 Å². The van der Waals surface area contributed by atoms with E-state index < -0.39 is 17.5 Å². The molecule has 2 fully saturated rings. The van der Waals surface area contributed by atoms with Crippen molar-refractivity contribution >= 4 is 23.3 Å². The molecular weight excluding hydrogens is 500 g/mol. The van der Waals surface area contributed by atoms with E-state index in [1.165, 1.54) is 42.3 Å². The third-order valence-electron chi connectivity index (χ3n) is 8.75. The van der Waals surface area contributed by atoms with Crippen molar-refractivity contribution in [1.82, 2.24) is 9.88 Å². The van der Waals surface area contributed by atoms with E-state index in [-0.39, 0.29) is 11.4 Å². The monoisotopic (exact) mass is 535 g/mol. The van der Waals surface area contributed by atoms with Crippen LogP contribution in [0.3, 0.4) is 0 Å². The van der Waals surface area contributed by atoms with Crippen LogP contribution >= 0.6 is 0 Å². The maximum atomic E-state index is 13.4. The lowest BCUT2D eigenvalue weighted by atomic mass is 9.74. The highest BCUT2D eigenvalue weighted by Gasteiger charge is 2.41. The van der Waals surface area contributed by atoms with E-state index in [1.807, 2.05) is 0 Å². The number of oxazole rings is 1. The summed E-state index contributed by atoms with van der Waals surface area (Å²) in [4.78, 5) is 21.4. The maximum Gasteiger partial charge on any atom is 0.297 e. The number of piperidine rings is 2. The van der Waals surface area contributed by atoms with Gasteiger partial charge in [0.2, 0.25) is 5.76 Å². The number of nitrogens with one attached hydrogen (secondary N) is 2. The first-order valence-corrected chi connectivity index (χ1v) is 13.9. The molecule has 3 aliphatic rings. The van der Waals surface area contributed by atoms with Gasteiger partial charge in [-0.3, -0.25) is 4.79 Å². The van der Waals surface area contributed by atoms with Crippen molar-refractivity contribution in [3.8, 4) is 0 Å². The Hall–Kier alpha value is -3.46. The van der Waals surface area contributed by atoms with E-state index in [4.69, 9.17) is 4.42 Å². The van der Waals surface area contributed by atoms with Crippen molar-refractivity contribution in [2.24, 2.45) is 5.92 Å². The predicted octanol–water partition coefficient (Wildman–Crippen LogP) is 5.58. The molecule has 6 rings (SSSR count). The summed E-state index contributed by atoms with van der Waals surface area (Å²) in [7, 11) is 0. The third kappa shape index (κ3) is 5.50. The van der Waals surface area contributed by atoms with Gasteiger partial charge >= 0.3 is 0 Å². The number of aromatic nitrogens is 1. The molecule has 4 heterocycles. The molecule has 3 aromatic rings. The van der Waals surface area contributed by atoms with Gasteiger partial charge in [0.1, 0.15) is 11.6 Å². The number of carbonyl (C=O) groups excluding carboxylic acids is 1. The molecule has 0 radical (unpaired) electrons. The lowest BCUT2D eigenvalue weighted by Gasteiger charge is -2.40. The van der Waals surface area contributed by atoms with Crippen LogP contribution in [-0.4, -0.2) is 55.1 Å². The molecule has 9 heteroatoms. The molecule has 2 saturated heterocycles. The van der Waals surface area contributed by atoms with Crippen LogP contribution in [0.15, 0.2) is 47.0 Å². The number of carbonyl (C=O) groups is 1. The summed E-state index contributed by atoms with van der Waals surface area (Å²) in [5, 5.41) is 6.11. The molecule has 3 aliphatic heterocycles. The molecular formula is C30H35F2N5O2. The van der Waals surface area contributed by atoms with Crippen LogP contribution in [0.4, 0.5) is 26.2 Å². The fraction of sp³-hybridized carbons (Fsp3) is 0.467. The first-order valence-electron chi connectivity index (χ1n) is 13.9. The van der Waals surface area contributed by atoms with Gasteiger partial charge in [-0.15, -0.1) is 0 Å². The first-order chi connectivity index (χ1) is 18.9. The summed E-state index contributed by atoms with van der Waals surface area (Å²) < 4.78 is 32.5. The number of rotatable bonds is 6. The summed E-state index contributed by atoms with van der Waals surface area (Å²) in [6.45, 7) is 8.31. The minimum atomic E-state index is -0.761. The van der Waals surface area contributed by atoms with Crippen molar-refractivity contribution in [3.05, 3.63) is 71.1 Å². The Morgan fingerprint density at radius 3 is 2.59 bits per heavy atom. The molecule has 1 aromatic heterocycles. The van der Waals surface area contributed by atoms with Crippen LogP contribution in [0.1, 0.15) is 53.8 Å². The van der Waals surface area contributed by atoms with Gasteiger partial charge < -0.3 is 24.9 Å². The van der Waals surface area contributed by atoms with Gasteiger partial charge in [-0.1, -0.05) is 12.1 Å². The lowest BCUT2D eigenvalue weighted by Crippen LogP contribution is -2.44. The Labute approximate surface area is 227 Å². The fourth-order valence-electron chi connectivity index (χ4n) is 6.39. The smallest absolute Gasteiger partial charge is 0.297 e. The second kappa shape index (κ2) is 10.6. The van der Waals surface area contributed by atoms with Crippen LogP contribution in [0.25, 0.3) is 0 Å². The highest BCUT2D eigenvalue weighted by Crippen LogP contribution is 2.44. The lowest BCUT2D eigenvalue weighted by molar-refractivity contribution is 0.0997. The number of amides is 1. The Kier molecular flexibility index (Phi) is 7.01. The summed E-state index contributed by atoms with van der Waals surface area (Å²) in [6, 6.07) is 10.1. The quantitative estimate of drug-likeness (QED) is 0.429. The highest BCUT2D eigenvalue weighted by molar-refractivity contribution is 6.02. The van der Waals surface area contributed by atoms with Crippen molar-refractivity contribution in [3.63, 3.8) is 0 Å². The molecule has 0 unspecified atom stereocenters. The van der Waals surface area contributed by atoms with Crippen LogP contribution in [-0.2, 0) is 5.41 Å². The summed E-state index contributed by atoms with van der Waals surface area (Å²) in [5.41, 5.74) is 4.48. The average molecular weight is 536 g/mol. The molecule has 2 N–H and O–H groups in total. The minimum absolute atomic E-state index is 0.00915. The van der Waals surface area contributed by atoms with Crippen molar-refractivity contribution < 1.29 is 18.0 Å². The van der Waals surface area contributed by atoms with Crippen LogP contribution in [0.2, 0.25) is 0 Å². The Morgan fingerprint density at radius 1 is 1.10 bits per heavy atom. The van der Waals surface area contributed by atoms with Gasteiger partial charge in [-0.25, -0.2) is 13.8 Å². The maximum absolute atomic E-state index is 13.4. The number of hydrogen-bond donors (Lipinski definition) is 2. The fourth-order valence-corrected chi connectivity index (χ4v) is 6.39. The molecule has 1 spiro atoms. The molecule has 0 atom stereocenters. The zero-order valence-electron chi connectivity index (χ0n) is 22.3. The molecule has 2 aromatic carbocycles. The van der Waals surface area contributed by atoms with E-state index in [0.29, 0.717) is 17.3 Å². The summed E-state index contributed by atoms with van der Waals surface area (Å²) in [6.07, 6.45) is 7.08. The molecule has 39 heavy (non-hydrogen) atoms.